The van der Waals surface area contributed by atoms with Crippen molar-refractivity contribution in [2.24, 2.45) is 5.73 Å². The molecule has 1 aromatic rings. The van der Waals surface area contributed by atoms with Crippen LogP contribution in [0.3, 0.4) is 0 Å². The zero-order valence-corrected chi connectivity index (χ0v) is 12.2. The molecule has 5 N–H and O–H groups in total. The molecule has 0 radical (unpaired) electrons. The van der Waals surface area contributed by atoms with E-state index in [9.17, 15) is 19.5 Å². The molecule has 1 fully saturated rings. The third-order valence-electron chi connectivity index (χ3n) is 3.53. The fourth-order valence-electron chi connectivity index (χ4n) is 2.30. The summed E-state index contributed by atoms with van der Waals surface area (Å²) in [5.74, 6) is -0.223. The second-order valence-electron chi connectivity index (χ2n) is 5.25. The maximum absolute atomic E-state index is 11.8. The standard InChI is InChI=1S/C13H20N4O5/c1-7-6-17(13(21)16-12(7)20)11-4-8(18)9(22-11)5-15-10(19)2-3-14/h6,8-9,11,18H,2-5,14H2,1H3,(H,15,19)(H,16,20,21)/t8-,9+,11+/m0/s1. The van der Waals surface area contributed by atoms with E-state index in [1.165, 1.54) is 10.8 Å². The van der Waals surface area contributed by atoms with Gasteiger partial charge in [0.2, 0.25) is 5.91 Å². The van der Waals surface area contributed by atoms with Crippen LogP contribution < -0.4 is 22.3 Å². The minimum absolute atomic E-state index is 0.133. The lowest BCUT2D eigenvalue weighted by atomic mass is 10.2. The average molecular weight is 312 g/mol. The van der Waals surface area contributed by atoms with E-state index in [2.05, 4.69) is 10.3 Å². The molecule has 1 aliphatic heterocycles. The Morgan fingerprint density at radius 3 is 3.00 bits per heavy atom. The van der Waals surface area contributed by atoms with Crippen molar-refractivity contribution in [3.63, 3.8) is 0 Å². The summed E-state index contributed by atoms with van der Waals surface area (Å²) in [6.45, 7) is 1.95. The maximum Gasteiger partial charge on any atom is 0.330 e. The van der Waals surface area contributed by atoms with Gasteiger partial charge in [-0.05, 0) is 6.92 Å². The number of hydrogen-bond donors (Lipinski definition) is 4. The quantitative estimate of drug-likeness (QED) is 0.494. The number of aliphatic hydroxyl groups excluding tert-OH is 1. The molecule has 22 heavy (non-hydrogen) atoms. The monoisotopic (exact) mass is 312 g/mol. The minimum atomic E-state index is -0.817. The fourth-order valence-corrected chi connectivity index (χ4v) is 2.30. The van der Waals surface area contributed by atoms with Gasteiger partial charge < -0.3 is 20.9 Å². The molecule has 0 saturated carbocycles. The highest BCUT2D eigenvalue weighted by Gasteiger charge is 2.35. The number of ether oxygens (including phenoxy) is 1. The number of amides is 1. The summed E-state index contributed by atoms with van der Waals surface area (Å²) >= 11 is 0. The van der Waals surface area contributed by atoms with Gasteiger partial charge in [-0.25, -0.2) is 4.79 Å². The molecule has 0 spiro atoms. The van der Waals surface area contributed by atoms with E-state index >= 15 is 0 Å². The van der Waals surface area contributed by atoms with E-state index < -0.39 is 29.7 Å². The van der Waals surface area contributed by atoms with E-state index in [4.69, 9.17) is 10.5 Å². The van der Waals surface area contributed by atoms with Crippen molar-refractivity contribution in [3.8, 4) is 0 Å². The second-order valence-corrected chi connectivity index (χ2v) is 5.25. The molecule has 1 aliphatic rings. The van der Waals surface area contributed by atoms with E-state index in [1.807, 2.05) is 0 Å². The molecule has 0 aliphatic carbocycles. The van der Waals surface area contributed by atoms with Crippen molar-refractivity contribution >= 4 is 5.91 Å². The number of aliphatic hydroxyl groups is 1. The van der Waals surface area contributed by atoms with Crippen LogP contribution in [0.5, 0.6) is 0 Å². The number of aryl methyl sites for hydroxylation is 1. The number of rotatable bonds is 5. The summed E-state index contributed by atoms with van der Waals surface area (Å²) in [7, 11) is 0. The Bertz CT molecular complexity index is 653. The van der Waals surface area contributed by atoms with Crippen LogP contribution in [-0.2, 0) is 9.53 Å². The van der Waals surface area contributed by atoms with Crippen molar-refractivity contribution in [1.29, 1.82) is 0 Å². The van der Waals surface area contributed by atoms with Crippen molar-refractivity contribution in [2.45, 2.75) is 38.2 Å². The summed E-state index contributed by atoms with van der Waals surface area (Å²) in [5.41, 5.74) is 4.60. The molecule has 122 valence electrons. The van der Waals surface area contributed by atoms with Gasteiger partial charge in [-0.1, -0.05) is 0 Å². The highest BCUT2D eigenvalue weighted by molar-refractivity contribution is 5.76. The first-order valence-corrected chi connectivity index (χ1v) is 7.04. The lowest BCUT2D eigenvalue weighted by molar-refractivity contribution is -0.122. The van der Waals surface area contributed by atoms with Gasteiger partial charge in [0.1, 0.15) is 12.3 Å². The summed E-state index contributed by atoms with van der Waals surface area (Å²) in [6.07, 6.45) is -0.329. The molecule has 0 bridgehead atoms. The number of carbonyl (C=O) groups is 1. The van der Waals surface area contributed by atoms with Gasteiger partial charge in [0.25, 0.3) is 5.56 Å². The lowest BCUT2D eigenvalue weighted by Crippen LogP contribution is -2.38. The molecule has 2 rings (SSSR count). The normalized spacial score (nSPS) is 24.4. The van der Waals surface area contributed by atoms with Crippen molar-refractivity contribution < 1.29 is 14.6 Å². The molecule has 9 nitrogen and oxygen atoms in total. The molecule has 2 heterocycles. The fraction of sp³-hybridized carbons (Fsp3) is 0.615. The topological polar surface area (TPSA) is 139 Å². The van der Waals surface area contributed by atoms with Gasteiger partial charge in [0, 0.05) is 37.7 Å². The number of nitrogens with zero attached hydrogens (tertiary/aromatic N) is 1. The predicted molar refractivity (Wildman–Crippen MR) is 77.3 cm³/mol. The van der Waals surface area contributed by atoms with E-state index in [-0.39, 0.29) is 31.8 Å². The van der Waals surface area contributed by atoms with Crippen LogP contribution in [0.1, 0.15) is 24.6 Å². The van der Waals surface area contributed by atoms with Crippen LogP contribution in [0.15, 0.2) is 15.8 Å². The number of nitrogens with two attached hydrogens (primary N) is 1. The SMILES string of the molecule is Cc1cn([C@H]2C[C@H](O)[C@@H](CNC(=O)CCN)O2)c(=O)[nH]c1=O. The molecule has 1 aromatic heterocycles. The Morgan fingerprint density at radius 2 is 2.32 bits per heavy atom. The van der Waals surface area contributed by atoms with Crippen molar-refractivity contribution in [3.05, 3.63) is 32.6 Å². The first-order chi connectivity index (χ1) is 10.4. The van der Waals surface area contributed by atoms with E-state index in [0.29, 0.717) is 5.56 Å². The van der Waals surface area contributed by atoms with Crippen LogP contribution in [0.25, 0.3) is 0 Å². The molecule has 3 atom stereocenters. The predicted octanol–water partition coefficient (Wildman–Crippen LogP) is -2.04. The molecule has 1 saturated heterocycles. The third kappa shape index (κ3) is 3.62. The number of carbonyl (C=O) groups excluding carboxylic acids is 1. The van der Waals surface area contributed by atoms with Crippen LogP contribution in [0.4, 0.5) is 0 Å². The van der Waals surface area contributed by atoms with Gasteiger partial charge in [-0.2, -0.15) is 0 Å². The molecular weight excluding hydrogens is 292 g/mol. The Hall–Kier alpha value is -1.97. The largest absolute Gasteiger partial charge is 0.390 e. The molecule has 0 unspecified atom stereocenters. The summed E-state index contributed by atoms with van der Waals surface area (Å²) in [6, 6.07) is 0. The number of hydrogen-bond acceptors (Lipinski definition) is 6. The van der Waals surface area contributed by atoms with Gasteiger partial charge >= 0.3 is 5.69 Å². The second kappa shape index (κ2) is 6.86. The van der Waals surface area contributed by atoms with Gasteiger partial charge in [0.05, 0.1) is 6.10 Å². The number of nitrogens with one attached hydrogen (secondary N) is 2. The Morgan fingerprint density at radius 1 is 1.59 bits per heavy atom. The number of aromatic amines is 1. The van der Waals surface area contributed by atoms with Crippen LogP contribution in [0.2, 0.25) is 0 Å². The number of aromatic nitrogens is 2. The molecule has 0 aromatic carbocycles. The first kappa shape index (κ1) is 16.4. The Balaban J connectivity index is 2.04. The maximum atomic E-state index is 11.8. The van der Waals surface area contributed by atoms with Gasteiger partial charge in [-0.3, -0.25) is 19.1 Å². The first-order valence-electron chi connectivity index (χ1n) is 7.04. The molecular formula is C13H20N4O5. The smallest absolute Gasteiger partial charge is 0.330 e. The van der Waals surface area contributed by atoms with Gasteiger partial charge in [0.15, 0.2) is 0 Å². The van der Waals surface area contributed by atoms with E-state index in [0.717, 1.165) is 0 Å². The minimum Gasteiger partial charge on any atom is -0.390 e. The third-order valence-corrected chi connectivity index (χ3v) is 3.53. The van der Waals surface area contributed by atoms with Crippen LogP contribution >= 0.6 is 0 Å². The Kier molecular flexibility index (Phi) is 5.11. The Labute approximate surface area is 126 Å². The summed E-state index contributed by atoms with van der Waals surface area (Å²) < 4.78 is 6.85. The lowest BCUT2D eigenvalue weighted by Gasteiger charge is -2.16. The number of H-pyrrole nitrogens is 1. The highest BCUT2D eigenvalue weighted by atomic mass is 16.5. The van der Waals surface area contributed by atoms with Crippen LogP contribution in [-0.4, -0.2) is 45.9 Å². The zero-order valence-electron chi connectivity index (χ0n) is 12.2. The summed E-state index contributed by atoms with van der Waals surface area (Å²) in [5, 5.41) is 12.6. The highest BCUT2D eigenvalue weighted by Crippen LogP contribution is 2.27. The van der Waals surface area contributed by atoms with Crippen molar-refractivity contribution in [2.75, 3.05) is 13.1 Å². The van der Waals surface area contributed by atoms with Gasteiger partial charge in [-0.15, -0.1) is 0 Å². The summed E-state index contributed by atoms with van der Waals surface area (Å²) in [4.78, 5) is 36.7. The van der Waals surface area contributed by atoms with Crippen molar-refractivity contribution in [1.82, 2.24) is 14.9 Å². The van der Waals surface area contributed by atoms with E-state index in [1.54, 1.807) is 6.92 Å². The van der Waals surface area contributed by atoms with Crippen LogP contribution in [0, 0.1) is 6.92 Å². The molecule has 9 heteroatoms. The molecule has 1 amide bonds. The zero-order chi connectivity index (χ0) is 16.3. The average Bonchev–Trinajstić information content (AvgIpc) is 2.82.